The quantitative estimate of drug-likeness (QED) is 0.622. The first kappa shape index (κ1) is 10.0. The molecule has 1 aromatic heterocycles. The maximum atomic E-state index is 13.2. The second-order valence-corrected chi connectivity index (χ2v) is 4.05. The van der Waals surface area contributed by atoms with Crippen LogP contribution in [-0.2, 0) is 7.05 Å². The van der Waals surface area contributed by atoms with Gasteiger partial charge in [0, 0.05) is 12.4 Å². The van der Waals surface area contributed by atoms with Gasteiger partial charge in [-0.05, 0) is 35.4 Å². The van der Waals surface area contributed by atoms with Crippen molar-refractivity contribution < 1.29 is 4.39 Å². The zero-order valence-electron chi connectivity index (χ0n) is 9.39. The summed E-state index contributed by atoms with van der Waals surface area (Å²) in [6.45, 7) is 0. The number of benzene rings is 2. The van der Waals surface area contributed by atoms with Crippen molar-refractivity contribution in [1.29, 1.82) is 0 Å². The molecule has 0 spiro atoms. The molecular weight excluding hydrogens is 215 g/mol. The Labute approximate surface area is 98.3 Å². The van der Waals surface area contributed by atoms with E-state index in [2.05, 4.69) is 5.10 Å². The van der Waals surface area contributed by atoms with Gasteiger partial charge in [-0.2, -0.15) is 5.10 Å². The molecule has 0 aliphatic rings. The highest BCUT2D eigenvalue weighted by atomic mass is 19.1. The van der Waals surface area contributed by atoms with Crippen LogP contribution in [0.5, 0.6) is 0 Å². The lowest BCUT2D eigenvalue weighted by molar-refractivity contribution is 0.628. The third-order valence-corrected chi connectivity index (χ3v) is 2.90. The van der Waals surface area contributed by atoms with Gasteiger partial charge in [-0.25, -0.2) is 4.39 Å². The highest BCUT2D eigenvalue weighted by molar-refractivity contribution is 5.84. The number of hydrogen-bond acceptors (Lipinski definition) is 1. The van der Waals surface area contributed by atoms with Crippen molar-refractivity contribution in [3.05, 3.63) is 54.5 Å². The molecule has 17 heavy (non-hydrogen) atoms. The van der Waals surface area contributed by atoms with Crippen LogP contribution in [0.1, 0.15) is 0 Å². The van der Waals surface area contributed by atoms with Crippen molar-refractivity contribution >= 4 is 10.9 Å². The lowest BCUT2D eigenvalue weighted by atomic mass is 10.0. The smallest absolute Gasteiger partial charge is 0.123 e. The van der Waals surface area contributed by atoms with Crippen LogP contribution in [0.25, 0.3) is 22.0 Å². The minimum Gasteiger partial charge on any atom is -0.268 e. The molecule has 0 atom stereocenters. The summed E-state index contributed by atoms with van der Waals surface area (Å²) in [5.74, 6) is -0.214. The van der Waals surface area contributed by atoms with Crippen molar-refractivity contribution in [2.75, 3.05) is 0 Å². The Kier molecular flexibility index (Phi) is 2.18. The van der Waals surface area contributed by atoms with Crippen molar-refractivity contribution in [3.8, 4) is 11.1 Å². The van der Waals surface area contributed by atoms with E-state index in [4.69, 9.17) is 0 Å². The molecule has 3 rings (SSSR count). The molecule has 2 nitrogen and oxygen atoms in total. The standard InChI is InChI=1S/C14H11FN2/c1-17-14-6-5-11(7-12(14)9-16-17)10-3-2-4-13(15)8-10/h2-9H,1H3. The predicted molar refractivity (Wildman–Crippen MR) is 66.1 cm³/mol. The molecule has 0 aliphatic heterocycles. The van der Waals surface area contributed by atoms with E-state index in [0.717, 1.165) is 22.0 Å². The SMILES string of the molecule is Cn1ncc2cc(-c3cccc(F)c3)ccc21. The topological polar surface area (TPSA) is 17.8 Å². The zero-order valence-corrected chi connectivity index (χ0v) is 9.39. The van der Waals surface area contributed by atoms with Gasteiger partial charge in [0.25, 0.3) is 0 Å². The maximum absolute atomic E-state index is 13.2. The molecule has 0 fully saturated rings. The Hall–Kier alpha value is -2.16. The molecule has 0 saturated carbocycles. The van der Waals surface area contributed by atoms with E-state index in [1.165, 1.54) is 12.1 Å². The minimum atomic E-state index is -0.214. The van der Waals surface area contributed by atoms with Gasteiger partial charge < -0.3 is 0 Å². The third kappa shape index (κ3) is 1.69. The average Bonchev–Trinajstić information content (AvgIpc) is 2.71. The van der Waals surface area contributed by atoms with Gasteiger partial charge in [0.1, 0.15) is 5.82 Å². The molecule has 0 saturated heterocycles. The summed E-state index contributed by atoms with van der Waals surface area (Å²) in [7, 11) is 1.91. The van der Waals surface area contributed by atoms with Crippen LogP contribution in [0.2, 0.25) is 0 Å². The number of rotatable bonds is 1. The number of nitrogens with zero attached hydrogens (tertiary/aromatic N) is 2. The molecule has 0 amide bonds. The maximum Gasteiger partial charge on any atom is 0.123 e. The van der Waals surface area contributed by atoms with Gasteiger partial charge >= 0.3 is 0 Å². The first-order valence-electron chi connectivity index (χ1n) is 5.42. The van der Waals surface area contributed by atoms with Gasteiger partial charge in [0.2, 0.25) is 0 Å². The van der Waals surface area contributed by atoms with Gasteiger partial charge in [-0.3, -0.25) is 4.68 Å². The Bertz CT molecular complexity index is 686. The second kappa shape index (κ2) is 3.70. The van der Waals surface area contributed by atoms with E-state index < -0.39 is 0 Å². The summed E-state index contributed by atoms with van der Waals surface area (Å²) in [6.07, 6.45) is 1.82. The Morgan fingerprint density at radius 2 is 1.88 bits per heavy atom. The molecule has 0 bridgehead atoms. The van der Waals surface area contributed by atoms with Crippen LogP contribution in [0.4, 0.5) is 4.39 Å². The molecule has 0 unspecified atom stereocenters. The van der Waals surface area contributed by atoms with Crippen molar-refractivity contribution in [1.82, 2.24) is 9.78 Å². The summed E-state index contributed by atoms with van der Waals surface area (Å²) in [6, 6.07) is 12.6. The number of hydrogen-bond donors (Lipinski definition) is 0. The van der Waals surface area contributed by atoms with Crippen LogP contribution < -0.4 is 0 Å². The summed E-state index contributed by atoms with van der Waals surface area (Å²) in [4.78, 5) is 0. The zero-order chi connectivity index (χ0) is 11.8. The molecule has 1 heterocycles. The molecule has 84 valence electrons. The van der Waals surface area contributed by atoms with Gasteiger partial charge in [-0.15, -0.1) is 0 Å². The van der Waals surface area contributed by atoms with E-state index in [9.17, 15) is 4.39 Å². The average molecular weight is 226 g/mol. The lowest BCUT2D eigenvalue weighted by Crippen LogP contribution is -1.88. The number of aryl methyl sites for hydroxylation is 1. The Morgan fingerprint density at radius 1 is 1.06 bits per heavy atom. The van der Waals surface area contributed by atoms with E-state index in [-0.39, 0.29) is 5.82 Å². The fraction of sp³-hybridized carbons (Fsp3) is 0.0714. The summed E-state index contributed by atoms with van der Waals surface area (Å²) in [5.41, 5.74) is 2.96. The van der Waals surface area contributed by atoms with Crippen LogP contribution in [-0.4, -0.2) is 9.78 Å². The number of halogens is 1. The van der Waals surface area contributed by atoms with Crippen molar-refractivity contribution in [2.24, 2.45) is 7.05 Å². The van der Waals surface area contributed by atoms with Gasteiger partial charge in [0.05, 0.1) is 11.7 Å². The summed E-state index contributed by atoms with van der Waals surface area (Å²) < 4.78 is 15.0. The van der Waals surface area contributed by atoms with E-state index >= 15 is 0 Å². The van der Waals surface area contributed by atoms with Gasteiger partial charge in [-0.1, -0.05) is 18.2 Å². The van der Waals surface area contributed by atoms with Crippen LogP contribution in [0.15, 0.2) is 48.7 Å². The van der Waals surface area contributed by atoms with Crippen LogP contribution in [0.3, 0.4) is 0 Å². The fourth-order valence-electron chi connectivity index (χ4n) is 2.01. The monoisotopic (exact) mass is 226 g/mol. The third-order valence-electron chi connectivity index (χ3n) is 2.90. The first-order valence-corrected chi connectivity index (χ1v) is 5.42. The van der Waals surface area contributed by atoms with E-state index in [0.29, 0.717) is 0 Å². The Balaban J connectivity index is 2.18. The molecular formula is C14H11FN2. The van der Waals surface area contributed by atoms with E-state index in [1.807, 2.05) is 42.2 Å². The van der Waals surface area contributed by atoms with E-state index in [1.54, 1.807) is 6.07 Å². The molecule has 2 aromatic carbocycles. The van der Waals surface area contributed by atoms with Gasteiger partial charge in [0.15, 0.2) is 0 Å². The molecule has 0 N–H and O–H groups in total. The highest BCUT2D eigenvalue weighted by Crippen LogP contribution is 2.24. The summed E-state index contributed by atoms with van der Waals surface area (Å²) >= 11 is 0. The number of aromatic nitrogens is 2. The molecule has 0 aliphatic carbocycles. The lowest BCUT2D eigenvalue weighted by Gasteiger charge is -2.02. The largest absolute Gasteiger partial charge is 0.268 e. The Morgan fingerprint density at radius 3 is 2.71 bits per heavy atom. The second-order valence-electron chi connectivity index (χ2n) is 4.05. The van der Waals surface area contributed by atoms with Crippen LogP contribution in [0, 0.1) is 5.82 Å². The predicted octanol–water partition coefficient (Wildman–Crippen LogP) is 3.38. The van der Waals surface area contributed by atoms with Crippen LogP contribution >= 0.6 is 0 Å². The van der Waals surface area contributed by atoms with Crippen molar-refractivity contribution in [3.63, 3.8) is 0 Å². The number of fused-ring (bicyclic) bond motifs is 1. The molecule has 0 radical (unpaired) electrons. The highest BCUT2D eigenvalue weighted by Gasteiger charge is 2.03. The fourth-order valence-corrected chi connectivity index (χ4v) is 2.01. The summed E-state index contributed by atoms with van der Waals surface area (Å²) in [5, 5.41) is 5.25. The normalized spacial score (nSPS) is 10.9. The molecule has 3 aromatic rings. The van der Waals surface area contributed by atoms with Crippen molar-refractivity contribution in [2.45, 2.75) is 0 Å². The minimum absolute atomic E-state index is 0.214. The first-order chi connectivity index (χ1) is 8.24. The molecule has 3 heteroatoms.